The van der Waals surface area contributed by atoms with Crippen molar-refractivity contribution < 1.29 is 35.8 Å². The monoisotopic (exact) mass is 274 g/mol. The predicted octanol–water partition coefficient (Wildman–Crippen LogP) is 4.00. The molecule has 0 unspecified atom stereocenters. The highest BCUT2D eigenvalue weighted by Crippen LogP contribution is 2.39. The van der Waals surface area contributed by atoms with Crippen molar-refractivity contribution >= 4 is 0 Å². The van der Waals surface area contributed by atoms with Gasteiger partial charge < -0.3 is 9.47 Å². The SMILES string of the molecule is CCOc1ccc(OC(F)(F)F)cc1C(F)(F)F. The fourth-order valence-electron chi connectivity index (χ4n) is 1.21. The van der Waals surface area contributed by atoms with E-state index in [9.17, 15) is 26.3 Å². The van der Waals surface area contributed by atoms with Gasteiger partial charge in [-0.3, -0.25) is 0 Å². The zero-order valence-electron chi connectivity index (χ0n) is 9.02. The minimum atomic E-state index is -5.05. The lowest BCUT2D eigenvalue weighted by Crippen LogP contribution is -2.18. The molecule has 0 N–H and O–H groups in total. The second-order valence-corrected chi connectivity index (χ2v) is 3.14. The van der Waals surface area contributed by atoms with Crippen LogP contribution in [0.25, 0.3) is 0 Å². The van der Waals surface area contributed by atoms with E-state index in [1.807, 2.05) is 0 Å². The number of halogens is 6. The first-order chi connectivity index (χ1) is 8.13. The maximum Gasteiger partial charge on any atom is 0.573 e. The molecular formula is C10H8F6O2. The Hall–Kier alpha value is -1.60. The molecule has 102 valence electrons. The van der Waals surface area contributed by atoms with Crippen molar-refractivity contribution in [3.8, 4) is 11.5 Å². The molecule has 0 radical (unpaired) electrons. The maximum atomic E-state index is 12.6. The highest BCUT2D eigenvalue weighted by atomic mass is 19.4. The molecule has 1 aromatic carbocycles. The molecule has 8 heteroatoms. The Kier molecular flexibility index (Phi) is 3.98. The van der Waals surface area contributed by atoms with Gasteiger partial charge in [0.15, 0.2) is 0 Å². The van der Waals surface area contributed by atoms with Crippen LogP contribution in [0.5, 0.6) is 11.5 Å². The summed E-state index contributed by atoms with van der Waals surface area (Å²) in [7, 11) is 0. The Balaban J connectivity index is 3.13. The van der Waals surface area contributed by atoms with Crippen molar-refractivity contribution in [1.82, 2.24) is 0 Å². The van der Waals surface area contributed by atoms with E-state index in [0.29, 0.717) is 0 Å². The van der Waals surface area contributed by atoms with E-state index in [0.717, 1.165) is 12.1 Å². The van der Waals surface area contributed by atoms with Crippen molar-refractivity contribution in [2.45, 2.75) is 19.5 Å². The first kappa shape index (κ1) is 14.5. The fraction of sp³-hybridized carbons (Fsp3) is 0.400. The summed E-state index contributed by atoms with van der Waals surface area (Å²) >= 11 is 0. The van der Waals surface area contributed by atoms with Crippen LogP contribution in [0, 0.1) is 0 Å². The quantitative estimate of drug-likeness (QED) is 0.775. The van der Waals surface area contributed by atoms with Gasteiger partial charge in [-0.05, 0) is 25.1 Å². The molecule has 0 aliphatic heterocycles. The van der Waals surface area contributed by atoms with Crippen LogP contribution in [0.3, 0.4) is 0 Å². The van der Waals surface area contributed by atoms with Crippen LogP contribution >= 0.6 is 0 Å². The molecule has 0 spiro atoms. The Bertz CT molecular complexity index is 410. The minimum Gasteiger partial charge on any atom is -0.493 e. The van der Waals surface area contributed by atoms with E-state index in [1.165, 1.54) is 6.92 Å². The van der Waals surface area contributed by atoms with Crippen molar-refractivity contribution in [2.24, 2.45) is 0 Å². The molecule has 0 fully saturated rings. The molecule has 0 heterocycles. The van der Waals surface area contributed by atoms with Gasteiger partial charge in [-0.2, -0.15) is 13.2 Å². The second-order valence-electron chi connectivity index (χ2n) is 3.14. The van der Waals surface area contributed by atoms with Gasteiger partial charge in [-0.1, -0.05) is 0 Å². The van der Waals surface area contributed by atoms with Gasteiger partial charge in [0.1, 0.15) is 17.1 Å². The highest BCUT2D eigenvalue weighted by molar-refractivity contribution is 5.42. The molecule has 0 saturated heterocycles. The van der Waals surface area contributed by atoms with Crippen LogP contribution < -0.4 is 9.47 Å². The minimum absolute atomic E-state index is 0.0391. The van der Waals surface area contributed by atoms with E-state index < -0.39 is 29.6 Å². The molecule has 0 aliphatic rings. The Morgan fingerprint density at radius 1 is 1.06 bits per heavy atom. The number of hydrogen-bond acceptors (Lipinski definition) is 2. The summed E-state index contributed by atoms with van der Waals surface area (Å²) in [5.74, 6) is -1.49. The van der Waals surface area contributed by atoms with Crippen LogP contribution in [0.15, 0.2) is 18.2 Å². The Morgan fingerprint density at radius 3 is 2.11 bits per heavy atom. The van der Waals surface area contributed by atoms with Gasteiger partial charge >= 0.3 is 12.5 Å². The number of benzene rings is 1. The van der Waals surface area contributed by atoms with Crippen molar-refractivity contribution in [3.63, 3.8) is 0 Å². The third-order valence-corrected chi connectivity index (χ3v) is 1.79. The van der Waals surface area contributed by atoms with Gasteiger partial charge in [0.05, 0.1) is 6.61 Å². The summed E-state index contributed by atoms with van der Waals surface area (Å²) in [5, 5.41) is 0. The summed E-state index contributed by atoms with van der Waals surface area (Å²) in [6.07, 6.45) is -9.87. The van der Waals surface area contributed by atoms with E-state index in [2.05, 4.69) is 4.74 Å². The zero-order valence-corrected chi connectivity index (χ0v) is 9.02. The first-order valence-corrected chi connectivity index (χ1v) is 4.73. The molecule has 0 aromatic heterocycles. The van der Waals surface area contributed by atoms with Crippen molar-refractivity contribution in [2.75, 3.05) is 6.61 Å². The molecule has 1 aromatic rings. The lowest BCUT2D eigenvalue weighted by Gasteiger charge is -2.15. The lowest BCUT2D eigenvalue weighted by atomic mass is 10.2. The van der Waals surface area contributed by atoms with Gasteiger partial charge in [-0.25, -0.2) is 0 Å². The molecule has 0 bridgehead atoms. The number of rotatable bonds is 3. The van der Waals surface area contributed by atoms with Gasteiger partial charge in [0.25, 0.3) is 0 Å². The third kappa shape index (κ3) is 4.01. The molecule has 18 heavy (non-hydrogen) atoms. The standard InChI is InChI=1S/C10H8F6O2/c1-2-17-8-4-3-6(18-10(14,15)16)5-7(8)9(11,12)13/h3-5H,2H2,1H3. The smallest absolute Gasteiger partial charge is 0.493 e. The molecule has 0 amide bonds. The number of ether oxygens (including phenoxy) is 2. The van der Waals surface area contributed by atoms with E-state index in [1.54, 1.807) is 0 Å². The summed E-state index contributed by atoms with van der Waals surface area (Å²) in [6, 6.07) is 1.79. The number of alkyl halides is 6. The molecular weight excluding hydrogens is 266 g/mol. The maximum absolute atomic E-state index is 12.6. The van der Waals surface area contributed by atoms with E-state index in [4.69, 9.17) is 4.74 Å². The van der Waals surface area contributed by atoms with E-state index >= 15 is 0 Å². The van der Waals surface area contributed by atoms with Crippen LogP contribution in [0.2, 0.25) is 0 Å². The van der Waals surface area contributed by atoms with Crippen molar-refractivity contribution in [1.29, 1.82) is 0 Å². The zero-order chi connectivity index (χ0) is 14.0. The summed E-state index contributed by atoms with van der Waals surface area (Å²) in [6.45, 7) is 1.42. The molecule has 1 rings (SSSR count). The largest absolute Gasteiger partial charge is 0.573 e. The summed E-state index contributed by atoms with van der Waals surface area (Å²) in [5.41, 5.74) is -1.31. The van der Waals surface area contributed by atoms with Crippen LogP contribution in [0.4, 0.5) is 26.3 Å². The lowest BCUT2D eigenvalue weighted by molar-refractivity contribution is -0.274. The van der Waals surface area contributed by atoms with Gasteiger partial charge in [0.2, 0.25) is 0 Å². The van der Waals surface area contributed by atoms with Gasteiger partial charge in [0, 0.05) is 0 Å². The molecule has 0 atom stereocenters. The highest BCUT2D eigenvalue weighted by Gasteiger charge is 2.37. The second kappa shape index (κ2) is 4.95. The molecule has 0 saturated carbocycles. The number of hydrogen-bond donors (Lipinski definition) is 0. The topological polar surface area (TPSA) is 18.5 Å². The van der Waals surface area contributed by atoms with Gasteiger partial charge in [-0.15, -0.1) is 13.2 Å². The Morgan fingerprint density at radius 2 is 1.67 bits per heavy atom. The van der Waals surface area contributed by atoms with Crippen LogP contribution in [-0.2, 0) is 6.18 Å². The van der Waals surface area contributed by atoms with Crippen LogP contribution in [-0.4, -0.2) is 13.0 Å². The summed E-state index contributed by atoms with van der Waals surface area (Å²) < 4.78 is 81.5. The third-order valence-electron chi connectivity index (χ3n) is 1.79. The first-order valence-electron chi connectivity index (χ1n) is 4.73. The molecule has 0 aliphatic carbocycles. The average molecular weight is 274 g/mol. The summed E-state index contributed by atoms with van der Waals surface area (Å²) in [4.78, 5) is 0. The average Bonchev–Trinajstić information content (AvgIpc) is 2.16. The van der Waals surface area contributed by atoms with Crippen molar-refractivity contribution in [3.05, 3.63) is 23.8 Å². The fourth-order valence-corrected chi connectivity index (χ4v) is 1.21. The van der Waals surface area contributed by atoms with E-state index in [-0.39, 0.29) is 12.7 Å². The normalized spacial score (nSPS) is 12.4. The Labute approximate surface area is 98.1 Å². The van der Waals surface area contributed by atoms with Crippen LogP contribution in [0.1, 0.15) is 12.5 Å². The predicted molar refractivity (Wildman–Crippen MR) is 49.3 cm³/mol. The molecule has 2 nitrogen and oxygen atoms in total.